The molecule has 36 heavy (non-hydrogen) atoms. The number of benzene rings is 3. The van der Waals surface area contributed by atoms with Crippen molar-refractivity contribution in [3.8, 4) is 17.2 Å². The average molecular weight is 515 g/mol. The Kier molecular flexibility index (Phi) is 9.15. The Labute approximate surface area is 211 Å². The zero-order chi connectivity index (χ0) is 26.1. The Morgan fingerprint density at radius 1 is 0.806 bits per heavy atom. The molecule has 9 nitrogen and oxygen atoms in total. The molecule has 192 valence electrons. The van der Waals surface area contributed by atoms with Gasteiger partial charge in [-0.15, -0.1) is 0 Å². The van der Waals surface area contributed by atoms with Crippen molar-refractivity contribution in [3.63, 3.8) is 0 Å². The van der Waals surface area contributed by atoms with Crippen LogP contribution >= 0.6 is 0 Å². The number of carboxylic acid groups (broad SMARTS) is 1. The summed E-state index contributed by atoms with van der Waals surface area (Å²) in [6, 6.07) is 17.0. The van der Waals surface area contributed by atoms with Crippen LogP contribution in [0, 0.1) is 0 Å². The largest absolute Gasteiger partial charge is 0.497 e. The molecule has 0 aliphatic rings. The first-order valence-electron chi connectivity index (χ1n) is 11.2. The minimum atomic E-state index is -4.00. The standard InChI is InChI=1S/C26H30N2O7S/c1-33-21-8-4-18(5-9-21)12-14-27-22-10-7-20(26(29)30)17-25(22)36(31,32)28-15-13-19-6-11-23(34-2)24(16-19)35-3/h4-11,16-17,27-28H,12-15H2,1-3H3,(H,29,30). The van der Waals surface area contributed by atoms with Gasteiger partial charge in [-0.3, -0.25) is 0 Å². The third-order valence-corrected chi connectivity index (χ3v) is 7.06. The Hall–Kier alpha value is -3.76. The van der Waals surface area contributed by atoms with Gasteiger partial charge in [-0.1, -0.05) is 18.2 Å². The third kappa shape index (κ3) is 6.89. The summed E-state index contributed by atoms with van der Waals surface area (Å²) >= 11 is 0. The Morgan fingerprint density at radius 2 is 1.47 bits per heavy atom. The molecular formula is C26H30N2O7S. The van der Waals surface area contributed by atoms with Crippen molar-refractivity contribution in [1.82, 2.24) is 4.72 Å². The molecule has 3 aromatic carbocycles. The van der Waals surface area contributed by atoms with Crippen LogP contribution < -0.4 is 24.2 Å². The first-order chi connectivity index (χ1) is 17.3. The van der Waals surface area contributed by atoms with E-state index >= 15 is 0 Å². The van der Waals surface area contributed by atoms with E-state index in [-0.39, 0.29) is 17.0 Å². The van der Waals surface area contributed by atoms with E-state index in [1.165, 1.54) is 19.2 Å². The smallest absolute Gasteiger partial charge is 0.335 e. The summed E-state index contributed by atoms with van der Waals surface area (Å²) in [7, 11) is 0.672. The fourth-order valence-corrected chi connectivity index (χ4v) is 4.84. The van der Waals surface area contributed by atoms with E-state index in [4.69, 9.17) is 14.2 Å². The van der Waals surface area contributed by atoms with Gasteiger partial charge in [0.25, 0.3) is 0 Å². The molecule has 0 saturated carbocycles. The van der Waals surface area contributed by atoms with Gasteiger partial charge in [0, 0.05) is 13.1 Å². The third-order valence-electron chi connectivity index (χ3n) is 5.56. The molecule has 0 bridgehead atoms. The fourth-order valence-electron chi connectivity index (χ4n) is 3.60. The second-order valence-electron chi connectivity index (χ2n) is 7.88. The van der Waals surface area contributed by atoms with Crippen LogP contribution in [-0.4, -0.2) is 53.9 Å². The molecule has 0 aliphatic heterocycles. The summed E-state index contributed by atoms with van der Waals surface area (Å²) in [6.07, 6.45) is 1.04. The average Bonchev–Trinajstić information content (AvgIpc) is 2.88. The molecule has 10 heteroatoms. The molecule has 0 unspecified atom stereocenters. The number of nitrogens with one attached hydrogen (secondary N) is 2. The normalized spacial score (nSPS) is 11.1. The van der Waals surface area contributed by atoms with E-state index in [0.29, 0.717) is 36.6 Å². The number of aromatic carboxylic acids is 1. The molecule has 0 atom stereocenters. The van der Waals surface area contributed by atoms with E-state index in [1.54, 1.807) is 26.4 Å². The Balaban J connectivity index is 1.71. The van der Waals surface area contributed by atoms with Gasteiger partial charge < -0.3 is 24.6 Å². The van der Waals surface area contributed by atoms with Crippen molar-refractivity contribution in [2.75, 3.05) is 39.7 Å². The number of anilines is 1. The second kappa shape index (κ2) is 12.3. The van der Waals surface area contributed by atoms with Gasteiger partial charge >= 0.3 is 5.97 Å². The highest BCUT2D eigenvalue weighted by Gasteiger charge is 2.21. The number of rotatable bonds is 13. The minimum absolute atomic E-state index is 0.112. The van der Waals surface area contributed by atoms with Gasteiger partial charge in [0.05, 0.1) is 32.6 Å². The van der Waals surface area contributed by atoms with E-state index in [1.807, 2.05) is 30.3 Å². The van der Waals surface area contributed by atoms with Gasteiger partial charge in [-0.25, -0.2) is 17.9 Å². The molecule has 0 heterocycles. The molecule has 3 aromatic rings. The van der Waals surface area contributed by atoms with Crippen molar-refractivity contribution < 1.29 is 32.5 Å². The van der Waals surface area contributed by atoms with Gasteiger partial charge in [-0.2, -0.15) is 0 Å². The molecule has 0 aliphatic carbocycles. The molecule has 0 spiro atoms. The molecule has 0 fully saturated rings. The van der Waals surface area contributed by atoms with E-state index in [2.05, 4.69) is 10.0 Å². The van der Waals surface area contributed by atoms with E-state index in [9.17, 15) is 18.3 Å². The van der Waals surface area contributed by atoms with Crippen molar-refractivity contribution in [3.05, 3.63) is 77.4 Å². The van der Waals surface area contributed by atoms with Crippen molar-refractivity contribution in [2.24, 2.45) is 0 Å². The maximum atomic E-state index is 13.1. The highest BCUT2D eigenvalue weighted by molar-refractivity contribution is 7.89. The summed E-state index contributed by atoms with van der Waals surface area (Å²) in [6.45, 7) is 0.563. The predicted octanol–water partition coefficient (Wildman–Crippen LogP) is 3.59. The van der Waals surface area contributed by atoms with Crippen LogP contribution in [0.25, 0.3) is 0 Å². The van der Waals surface area contributed by atoms with Crippen LogP contribution in [0.15, 0.2) is 65.6 Å². The van der Waals surface area contributed by atoms with E-state index < -0.39 is 16.0 Å². The van der Waals surface area contributed by atoms with Crippen LogP contribution in [0.4, 0.5) is 5.69 Å². The van der Waals surface area contributed by atoms with Crippen LogP contribution in [0.2, 0.25) is 0 Å². The Morgan fingerprint density at radius 3 is 2.11 bits per heavy atom. The summed E-state index contributed by atoms with van der Waals surface area (Å²) in [4.78, 5) is 11.4. The second-order valence-corrected chi connectivity index (χ2v) is 9.61. The maximum absolute atomic E-state index is 13.1. The lowest BCUT2D eigenvalue weighted by molar-refractivity contribution is 0.0696. The topological polar surface area (TPSA) is 123 Å². The zero-order valence-corrected chi connectivity index (χ0v) is 21.2. The summed E-state index contributed by atoms with van der Waals surface area (Å²) in [5.74, 6) is 0.679. The van der Waals surface area contributed by atoms with Gasteiger partial charge in [0.15, 0.2) is 11.5 Å². The highest BCUT2D eigenvalue weighted by Crippen LogP contribution is 2.28. The minimum Gasteiger partial charge on any atom is -0.497 e. The number of sulfonamides is 1. The number of carbonyl (C=O) groups is 1. The lowest BCUT2D eigenvalue weighted by atomic mass is 10.1. The lowest BCUT2D eigenvalue weighted by Crippen LogP contribution is -2.27. The molecule has 0 radical (unpaired) electrons. The molecule has 3 rings (SSSR count). The van der Waals surface area contributed by atoms with Gasteiger partial charge in [0.1, 0.15) is 10.6 Å². The number of carboxylic acids is 1. The summed E-state index contributed by atoms with van der Waals surface area (Å²) < 4.78 is 44.5. The maximum Gasteiger partial charge on any atom is 0.335 e. The number of methoxy groups -OCH3 is 3. The van der Waals surface area contributed by atoms with Crippen LogP contribution in [0.3, 0.4) is 0 Å². The number of hydrogen-bond acceptors (Lipinski definition) is 7. The van der Waals surface area contributed by atoms with Crippen molar-refractivity contribution in [1.29, 1.82) is 0 Å². The summed E-state index contributed by atoms with van der Waals surface area (Å²) in [5.41, 5.74) is 2.11. The SMILES string of the molecule is COc1ccc(CCNc2ccc(C(=O)O)cc2S(=O)(=O)NCCc2ccc(OC)c(OC)c2)cc1. The molecule has 0 aromatic heterocycles. The first-order valence-corrected chi connectivity index (χ1v) is 12.7. The first kappa shape index (κ1) is 26.8. The van der Waals surface area contributed by atoms with Crippen LogP contribution in [0.5, 0.6) is 17.2 Å². The summed E-state index contributed by atoms with van der Waals surface area (Å²) in [5, 5.41) is 12.5. The molecule has 0 amide bonds. The molecule has 3 N–H and O–H groups in total. The number of ether oxygens (including phenoxy) is 3. The Bertz CT molecular complexity index is 1290. The van der Waals surface area contributed by atoms with Crippen molar-refractivity contribution >= 4 is 21.7 Å². The van der Waals surface area contributed by atoms with Gasteiger partial charge in [0.2, 0.25) is 10.0 Å². The lowest BCUT2D eigenvalue weighted by Gasteiger charge is -2.15. The fraction of sp³-hybridized carbons (Fsp3) is 0.269. The van der Waals surface area contributed by atoms with E-state index in [0.717, 1.165) is 22.9 Å². The van der Waals surface area contributed by atoms with Crippen LogP contribution in [0.1, 0.15) is 21.5 Å². The number of hydrogen-bond donors (Lipinski definition) is 3. The van der Waals surface area contributed by atoms with Crippen LogP contribution in [-0.2, 0) is 22.9 Å². The highest BCUT2D eigenvalue weighted by atomic mass is 32.2. The quantitative estimate of drug-likeness (QED) is 0.316. The van der Waals surface area contributed by atoms with Gasteiger partial charge in [-0.05, 0) is 66.4 Å². The molecular weight excluding hydrogens is 484 g/mol. The molecule has 0 saturated heterocycles. The van der Waals surface area contributed by atoms with Crippen molar-refractivity contribution in [2.45, 2.75) is 17.7 Å². The zero-order valence-electron chi connectivity index (χ0n) is 20.4. The monoisotopic (exact) mass is 514 g/mol. The predicted molar refractivity (Wildman–Crippen MR) is 137 cm³/mol.